The first-order valence-electron chi connectivity index (χ1n) is 5.94. The number of methoxy groups -OCH3 is 1. The molecule has 0 atom stereocenters. The van der Waals surface area contributed by atoms with Crippen LogP contribution in [-0.2, 0) is 11.2 Å². The molecule has 0 spiro atoms. The number of aliphatic imine (C=N–C) groups is 1. The Balaban J connectivity index is 0.00000324. The molecule has 0 unspecified atom stereocenters. The Morgan fingerprint density at radius 3 is 2.42 bits per heavy atom. The minimum Gasteiger partial charge on any atom is -0.383 e. The van der Waals surface area contributed by atoms with E-state index in [2.05, 4.69) is 15.6 Å². The molecular weight excluding hydrogens is 377 g/mol. The standard InChI is InChI=1S/C13H20ClN3O.HI/c1-15-13(17-9-10-18-2)16-8-7-11-3-5-12(14)6-4-11;/h3-6H,7-10H2,1-2H3,(H2,15,16,17);1H. The average Bonchev–Trinajstić information content (AvgIpc) is 2.39. The Bertz CT molecular complexity index is 371. The van der Waals surface area contributed by atoms with E-state index in [-0.39, 0.29) is 24.0 Å². The van der Waals surface area contributed by atoms with E-state index in [1.165, 1.54) is 5.56 Å². The van der Waals surface area contributed by atoms with E-state index < -0.39 is 0 Å². The van der Waals surface area contributed by atoms with Gasteiger partial charge in [0.25, 0.3) is 0 Å². The van der Waals surface area contributed by atoms with Gasteiger partial charge in [0.05, 0.1) is 6.61 Å². The number of halogens is 2. The lowest BCUT2D eigenvalue weighted by molar-refractivity contribution is 0.203. The first kappa shape index (κ1) is 18.5. The fraction of sp³-hybridized carbons (Fsp3) is 0.462. The van der Waals surface area contributed by atoms with Gasteiger partial charge in [0.1, 0.15) is 0 Å². The number of guanidine groups is 1. The normalized spacial score (nSPS) is 10.8. The topological polar surface area (TPSA) is 45.7 Å². The molecule has 4 nitrogen and oxygen atoms in total. The van der Waals surface area contributed by atoms with Gasteiger partial charge in [-0.1, -0.05) is 23.7 Å². The molecule has 0 aliphatic heterocycles. The summed E-state index contributed by atoms with van der Waals surface area (Å²) in [5, 5.41) is 7.17. The van der Waals surface area contributed by atoms with Crippen molar-refractivity contribution in [2.75, 3.05) is 33.9 Å². The molecule has 0 aliphatic carbocycles. The van der Waals surface area contributed by atoms with Crippen molar-refractivity contribution in [2.24, 2.45) is 4.99 Å². The van der Waals surface area contributed by atoms with Crippen LogP contribution < -0.4 is 10.6 Å². The van der Waals surface area contributed by atoms with Crippen LogP contribution in [0.5, 0.6) is 0 Å². The van der Waals surface area contributed by atoms with Gasteiger partial charge in [-0.25, -0.2) is 0 Å². The Morgan fingerprint density at radius 2 is 1.84 bits per heavy atom. The lowest BCUT2D eigenvalue weighted by atomic mass is 10.1. The van der Waals surface area contributed by atoms with Gasteiger partial charge >= 0.3 is 0 Å². The van der Waals surface area contributed by atoms with Crippen molar-refractivity contribution in [3.8, 4) is 0 Å². The monoisotopic (exact) mass is 397 g/mol. The Hall–Kier alpha value is -0.530. The summed E-state index contributed by atoms with van der Waals surface area (Å²) in [5.41, 5.74) is 1.25. The van der Waals surface area contributed by atoms with Crippen molar-refractivity contribution in [3.63, 3.8) is 0 Å². The molecule has 0 saturated heterocycles. The van der Waals surface area contributed by atoms with Crippen molar-refractivity contribution in [1.29, 1.82) is 0 Å². The van der Waals surface area contributed by atoms with Crippen molar-refractivity contribution >= 4 is 41.5 Å². The predicted octanol–water partition coefficient (Wildman–Crippen LogP) is 2.31. The molecule has 0 bridgehead atoms. The van der Waals surface area contributed by atoms with E-state index in [1.54, 1.807) is 14.2 Å². The quantitative estimate of drug-likeness (QED) is 0.335. The lowest BCUT2D eigenvalue weighted by Gasteiger charge is -2.11. The first-order chi connectivity index (χ1) is 8.76. The second-order valence-electron chi connectivity index (χ2n) is 3.80. The molecule has 6 heteroatoms. The van der Waals surface area contributed by atoms with Crippen LogP contribution in [0.3, 0.4) is 0 Å². The van der Waals surface area contributed by atoms with Crippen LogP contribution in [0, 0.1) is 0 Å². The van der Waals surface area contributed by atoms with Crippen LogP contribution in [0.2, 0.25) is 5.02 Å². The summed E-state index contributed by atoms with van der Waals surface area (Å²) in [4.78, 5) is 4.12. The zero-order valence-corrected chi connectivity index (χ0v) is 14.4. The SMILES string of the molecule is CN=C(NCCOC)NCCc1ccc(Cl)cc1.I. The molecular formula is C13H21ClIN3O. The summed E-state index contributed by atoms with van der Waals surface area (Å²) in [5.74, 6) is 0.793. The molecule has 1 aromatic rings. The highest BCUT2D eigenvalue weighted by molar-refractivity contribution is 14.0. The van der Waals surface area contributed by atoms with Crippen LogP contribution in [0.15, 0.2) is 29.3 Å². The van der Waals surface area contributed by atoms with Crippen molar-refractivity contribution in [3.05, 3.63) is 34.9 Å². The molecule has 2 N–H and O–H groups in total. The summed E-state index contributed by atoms with van der Waals surface area (Å²) in [6.45, 7) is 2.24. The molecule has 0 saturated carbocycles. The largest absolute Gasteiger partial charge is 0.383 e. The Kier molecular flexibility index (Phi) is 11.0. The third kappa shape index (κ3) is 8.28. The van der Waals surface area contributed by atoms with Crippen molar-refractivity contribution in [2.45, 2.75) is 6.42 Å². The highest BCUT2D eigenvalue weighted by Crippen LogP contribution is 2.09. The number of ether oxygens (including phenoxy) is 1. The van der Waals surface area contributed by atoms with Gasteiger partial charge < -0.3 is 15.4 Å². The number of nitrogens with zero attached hydrogens (tertiary/aromatic N) is 1. The molecule has 1 rings (SSSR count). The van der Waals surface area contributed by atoms with E-state index in [4.69, 9.17) is 16.3 Å². The third-order valence-electron chi connectivity index (χ3n) is 2.44. The lowest BCUT2D eigenvalue weighted by Crippen LogP contribution is -2.39. The van der Waals surface area contributed by atoms with E-state index in [1.807, 2.05) is 24.3 Å². The summed E-state index contributed by atoms with van der Waals surface area (Å²) in [7, 11) is 3.43. The molecule has 19 heavy (non-hydrogen) atoms. The van der Waals surface area contributed by atoms with Crippen LogP contribution in [0.4, 0.5) is 0 Å². The van der Waals surface area contributed by atoms with Crippen LogP contribution >= 0.6 is 35.6 Å². The number of rotatable bonds is 6. The molecule has 0 aliphatic rings. The summed E-state index contributed by atoms with van der Waals surface area (Å²) in [6, 6.07) is 7.88. The maximum atomic E-state index is 5.83. The molecule has 0 heterocycles. The fourth-order valence-corrected chi connectivity index (χ4v) is 1.59. The third-order valence-corrected chi connectivity index (χ3v) is 2.69. The highest BCUT2D eigenvalue weighted by atomic mass is 127. The Morgan fingerprint density at radius 1 is 1.21 bits per heavy atom. The number of benzene rings is 1. The molecule has 108 valence electrons. The van der Waals surface area contributed by atoms with E-state index in [0.717, 1.165) is 30.5 Å². The van der Waals surface area contributed by atoms with Crippen LogP contribution in [0.1, 0.15) is 5.56 Å². The molecule has 0 fully saturated rings. The van der Waals surface area contributed by atoms with Crippen molar-refractivity contribution < 1.29 is 4.74 Å². The maximum Gasteiger partial charge on any atom is 0.191 e. The van der Waals surface area contributed by atoms with Gasteiger partial charge in [0.2, 0.25) is 0 Å². The number of hydrogen-bond acceptors (Lipinski definition) is 2. The predicted molar refractivity (Wildman–Crippen MR) is 91.8 cm³/mol. The van der Waals surface area contributed by atoms with Crippen LogP contribution in [0.25, 0.3) is 0 Å². The minimum atomic E-state index is 0. The minimum absolute atomic E-state index is 0. The van der Waals surface area contributed by atoms with Gasteiger partial charge in [-0.15, -0.1) is 24.0 Å². The molecule has 0 amide bonds. The average molecular weight is 398 g/mol. The summed E-state index contributed by atoms with van der Waals surface area (Å²) < 4.78 is 4.96. The second kappa shape index (κ2) is 11.3. The number of nitrogens with one attached hydrogen (secondary N) is 2. The van der Waals surface area contributed by atoms with E-state index in [0.29, 0.717) is 6.61 Å². The van der Waals surface area contributed by atoms with Gasteiger partial charge in [-0.05, 0) is 24.1 Å². The highest BCUT2D eigenvalue weighted by Gasteiger charge is 1.97. The first-order valence-corrected chi connectivity index (χ1v) is 6.32. The smallest absolute Gasteiger partial charge is 0.191 e. The Labute approximate surface area is 137 Å². The molecule has 0 aromatic heterocycles. The van der Waals surface area contributed by atoms with E-state index >= 15 is 0 Å². The van der Waals surface area contributed by atoms with Crippen LogP contribution in [-0.4, -0.2) is 39.8 Å². The fourth-order valence-electron chi connectivity index (χ4n) is 1.47. The molecule has 1 aromatic carbocycles. The summed E-state index contributed by atoms with van der Waals surface area (Å²) >= 11 is 5.83. The zero-order chi connectivity index (χ0) is 13.2. The maximum absolute atomic E-state index is 5.83. The second-order valence-corrected chi connectivity index (χ2v) is 4.23. The summed E-state index contributed by atoms with van der Waals surface area (Å²) in [6.07, 6.45) is 0.933. The van der Waals surface area contributed by atoms with Gasteiger partial charge in [0, 0.05) is 32.3 Å². The number of hydrogen-bond donors (Lipinski definition) is 2. The van der Waals surface area contributed by atoms with Gasteiger partial charge in [0.15, 0.2) is 5.96 Å². The zero-order valence-electron chi connectivity index (χ0n) is 11.3. The van der Waals surface area contributed by atoms with Gasteiger partial charge in [-0.3, -0.25) is 4.99 Å². The molecule has 0 radical (unpaired) electrons. The van der Waals surface area contributed by atoms with Crippen molar-refractivity contribution in [1.82, 2.24) is 10.6 Å². The van der Waals surface area contributed by atoms with E-state index in [9.17, 15) is 0 Å². The van der Waals surface area contributed by atoms with Gasteiger partial charge in [-0.2, -0.15) is 0 Å².